The Morgan fingerprint density at radius 3 is 1.10 bits per heavy atom. The Labute approximate surface area is 578 Å². The second-order valence-electron chi connectivity index (χ2n) is 20.9. The number of carbonyl (C=O) groups excluding carboxylic acids is 12. The fourth-order valence-electron chi connectivity index (χ4n) is 8.23. The molecule has 32 heteroatoms. The molecule has 12 rings (SSSR count). The van der Waals surface area contributed by atoms with Crippen LogP contribution < -0.4 is 4.74 Å². The number of benzene rings is 6. The maximum atomic E-state index is 12.6. The summed E-state index contributed by atoms with van der Waals surface area (Å²) in [7, 11) is 0. The van der Waals surface area contributed by atoms with Gasteiger partial charge in [-0.2, -0.15) is 0 Å². The normalized spacial score (nSPS) is 18.8. The molecule has 101 heavy (non-hydrogen) atoms. The van der Waals surface area contributed by atoms with E-state index < -0.39 is 109 Å². The van der Waals surface area contributed by atoms with Gasteiger partial charge in [-0.15, -0.1) is 0 Å². The molecule has 7 atom stereocenters. The van der Waals surface area contributed by atoms with E-state index in [4.69, 9.17) is 40.0 Å². The molecule has 6 saturated heterocycles. The summed E-state index contributed by atoms with van der Waals surface area (Å²) in [6.07, 6.45) is -8.94. The number of cyclic esters (lactones) is 12. The first-order valence-corrected chi connectivity index (χ1v) is 30.9. The van der Waals surface area contributed by atoms with Crippen LogP contribution in [-0.4, -0.2) is 162 Å². The van der Waals surface area contributed by atoms with E-state index in [9.17, 15) is 61.9 Å². The summed E-state index contributed by atoms with van der Waals surface area (Å²) >= 11 is 5.71. The van der Waals surface area contributed by atoms with Gasteiger partial charge in [-0.25, -0.2) is 61.9 Å². The second kappa shape index (κ2) is 40.6. The molecular weight excluding hydrogens is 1360 g/mol. The summed E-state index contributed by atoms with van der Waals surface area (Å²) in [6, 6.07) is 49.9. The van der Waals surface area contributed by atoms with E-state index in [1.807, 2.05) is 91.0 Å². The van der Waals surface area contributed by atoms with Crippen LogP contribution in [0.15, 0.2) is 170 Å². The smallest absolute Gasteiger partial charge is 0.463 e. The van der Waals surface area contributed by atoms with E-state index in [1.54, 1.807) is 61.5 Å². The molecule has 0 spiro atoms. The molecule has 6 aliphatic heterocycles. The molecule has 0 radical (unpaired) electrons. The number of para-hydroxylation sites is 1. The number of aryl methyl sites for hydroxylation is 1. The lowest BCUT2D eigenvalue weighted by molar-refractivity contribution is -0.157. The Kier molecular flexibility index (Phi) is 30.7. The van der Waals surface area contributed by atoms with Crippen LogP contribution in [0.25, 0.3) is 0 Å². The lowest BCUT2D eigenvalue weighted by Crippen LogP contribution is -2.27. The average Bonchev–Trinajstić information content (AvgIpc) is 1.89. The zero-order valence-corrected chi connectivity index (χ0v) is 54.2. The predicted octanol–water partition coefficient (Wildman–Crippen LogP) is 9.28. The lowest BCUT2D eigenvalue weighted by Gasteiger charge is -2.14. The van der Waals surface area contributed by atoms with Crippen LogP contribution in [-0.2, 0) is 135 Å². The molecule has 6 fully saturated rings. The van der Waals surface area contributed by atoms with Crippen molar-refractivity contribution in [1.82, 2.24) is 0 Å². The van der Waals surface area contributed by atoms with Crippen molar-refractivity contribution in [1.29, 1.82) is 0 Å². The van der Waals surface area contributed by atoms with Crippen LogP contribution in [0.5, 0.6) is 5.75 Å². The minimum absolute atomic E-state index is 0.00678. The number of halogens is 2. The molecule has 6 aromatic carbocycles. The Hall–Kier alpha value is -12.0. The van der Waals surface area contributed by atoms with Crippen molar-refractivity contribution < 1.29 is 147 Å². The molecule has 30 nitrogen and oxygen atoms in total. The molecule has 0 aromatic heterocycles. The van der Waals surface area contributed by atoms with Gasteiger partial charge in [0.05, 0.1) is 13.2 Å². The third-order valence-electron chi connectivity index (χ3n) is 13.4. The maximum Gasteiger partial charge on any atom is 0.509 e. The van der Waals surface area contributed by atoms with Crippen molar-refractivity contribution in [2.45, 2.75) is 82.1 Å². The van der Waals surface area contributed by atoms with Gasteiger partial charge in [-0.3, -0.25) is 0 Å². The summed E-state index contributed by atoms with van der Waals surface area (Å²) in [5, 5.41) is 0.609. The summed E-state index contributed by atoms with van der Waals surface area (Å²) in [5.74, 6) is -3.59. The number of ether oxygens (including phenoxy) is 18. The summed E-state index contributed by atoms with van der Waals surface area (Å²) in [5.41, 5.74) is 4.60. The van der Waals surface area contributed by atoms with E-state index in [0.29, 0.717) is 29.4 Å². The number of esters is 6. The minimum atomic E-state index is -1.01. The van der Waals surface area contributed by atoms with Gasteiger partial charge in [-0.05, 0) is 84.0 Å². The van der Waals surface area contributed by atoms with Gasteiger partial charge in [0.25, 0.3) is 0 Å². The van der Waals surface area contributed by atoms with Gasteiger partial charge < -0.3 is 85.3 Å². The minimum Gasteiger partial charge on any atom is -0.463 e. The highest BCUT2D eigenvalue weighted by Gasteiger charge is 2.38. The first-order valence-electron chi connectivity index (χ1n) is 30.5. The summed E-state index contributed by atoms with van der Waals surface area (Å²) in [4.78, 5) is 132. The Bertz CT molecular complexity index is 3630. The highest BCUT2D eigenvalue weighted by molar-refractivity contribution is 6.30. The first-order chi connectivity index (χ1) is 48.7. The monoisotopic (exact) mass is 1430 g/mol. The fraction of sp³-hybridized carbons (Fsp3) is 0.304. The molecule has 0 aliphatic carbocycles. The molecular formula is C69H64ClFO30. The standard InChI is InChI=1S/C13H14O5.2C12H12O5.C11H9ClO5.C11H9FO5.C10H8O5/c14-12(11-9-17-13(15)18-11)16-8-4-7-10-5-2-1-3-6-10;1-8(9-5-3-2-4-6-9)16-11(13)10-7-15-12(14)17-10;13-11(10-8-16-12(14)17-10)15-7-6-9-4-2-1-3-5-9;2*12-8-3-1-7(2-4-8)5-15-10(13)9-6-16-11(14)17-9;11-9(8-6-13-10(12)15-8)14-7-4-2-1-3-5-7/h1-3,5-6,11H,4,7-9H2;2-6,8,10H,7H2,1H3;1-5,10H,6-8H2;2*1-4,9H,5-6H2;1-5,8H,6H2. The number of hydrogen-bond acceptors (Lipinski definition) is 30. The maximum absolute atomic E-state index is 12.6. The lowest BCUT2D eigenvalue weighted by atomic mass is 10.1. The van der Waals surface area contributed by atoms with Crippen molar-refractivity contribution in [3.05, 3.63) is 209 Å². The van der Waals surface area contributed by atoms with Gasteiger partial charge >= 0.3 is 72.7 Å². The van der Waals surface area contributed by atoms with Gasteiger partial charge in [0.15, 0.2) is 0 Å². The van der Waals surface area contributed by atoms with Crippen LogP contribution in [0.4, 0.5) is 33.2 Å². The van der Waals surface area contributed by atoms with Crippen molar-refractivity contribution in [2.24, 2.45) is 0 Å². The number of rotatable bonds is 20. The van der Waals surface area contributed by atoms with E-state index in [2.05, 4.69) is 56.8 Å². The molecule has 534 valence electrons. The van der Waals surface area contributed by atoms with Crippen LogP contribution in [0.3, 0.4) is 0 Å². The van der Waals surface area contributed by atoms with E-state index >= 15 is 0 Å². The Balaban J connectivity index is 0.000000170. The van der Waals surface area contributed by atoms with Crippen LogP contribution in [0, 0.1) is 5.82 Å². The second-order valence-corrected chi connectivity index (χ2v) is 21.3. The molecule has 6 aliphatic rings. The van der Waals surface area contributed by atoms with E-state index in [-0.39, 0.29) is 71.4 Å². The molecule has 0 saturated carbocycles. The van der Waals surface area contributed by atoms with Gasteiger partial charge in [0, 0.05) is 11.4 Å². The molecule has 7 unspecified atom stereocenters. The molecule has 0 amide bonds. The first kappa shape index (κ1) is 76.3. The van der Waals surface area contributed by atoms with Gasteiger partial charge in [0.1, 0.15) is 70.5 Å². The van der Waals surface area contributed by atoms with Crippen molar-refractivity contribution in [2.75, 3.05) is 52.9 Å². The Morgan fingerprint density at radius 2 is 0.713 bits per heavy atom. The molecule has 6 heterocycles. The van der Waals surface area contributed by atoms with Gasteiger partial charge in [-0.1, -0.05) is 145 Å². The summed E-state index contributed by atoms with van der Waals surface area (Å²) < 4.78 is 96.9. The predicted molar refractivity (Wildman–Crippen MR) is 335 cm³/mol. The topological polar surface area (TPSA) is 371 Å². The highest BCUT2D eigenvalue weighted by Crippen LogP contribution is 2.21. The number of carbonyl (C=O) groups is 12. The molecule has 0 bridgehead atoms. The summed E-state index contributed by atoms with van der Waals surface area (Å²) in [6.45, 7) is 1.88. The van der Waals surface area contributed by atoms with Crippen molar-refractivity contribution in [3.8, 4) is 5.75 Å². The van der Waals surface area contributed by atoms with E-state index in [0.717, 1.165) is 29.5 Å². The highest BCUT2D eigenvalue weighted by atomic mass is 35.5. The molecule has 0 N–H and O–H groups in total. The van der Waals surface area contributed by atoms with Crippen LogP contribution in [0.1, 0.15) is 47.3 Å². The average molecular weight is 1430 g/mol. The quantitative estimate of drug-likeness (QED) is 0.0297. The zero-order chi connectivity index (χ0) is 72.3. The largest absolute Gasteiger partial charge is 0.509 e. The third kappa shape index (κ3) is 27.8. The SMILES string of the molecule is CC(OC(=O)C1COC(=O)O1)c1ccccc1.O=C1OCC(C(=O)OCCCc2ccccc2)O1.O=C1OCC(C(=O)OCCc2ccccc2)O1.O=C1OCC(C(=O)OCc2ccc(Cl)cc2)O1.O=C1OCC(C(=O)OCc2ccc(F)cc2)O1.O=C1OCC(C(=O)Oc2ccccc2)O1. The number of hydrogen-bond donors (Lipinski definition) is 0. The van der Waals surface area contributed by atoms with Crippen LogP contribution in [0.2, 0.25) is 5.02 Å². The fourth-order valence-corrected chi connectivity index (χ4v) is 8.35. The van der Waals surface area contributed by atoms with E-state index in [1.165, 1.54) is 29.8 Å². The third-order valence-corrected chi connectivity index (χ3v) is 13.7. The Morgan fingerprint density at radius 1 is 0.386 bits per heavy atom. The van der Waals surface area contributed by atoms with Crippen molar-refractivity contribution in [3.63, 3.8) is 0 Å². The van der Waals surface area contributed by atoms with Crippen molar-refractivity contribution >= 4 is 84.3 Å². The zero-order valence-electron chi connectivity index (χ0n) is 53.4. The molecule has 6 aromatic rings. The van der Waals surface area contributed by atoms with Crippen LogP contribution >= 0.6 is 11.6 Å². The van der Waals surface area contributed by atoms with Gasteiger partial charge in [0.2, 0.25) is 36.6 Å².